The molecule has 1 aromatic carbocycles. The molecule has 3 heterocycles. The van der Waals surface area contributed by atoms with E-state index in [1.807, 2.05) is 0 Å². The van der Waals surface area contributed by atoms with E-state index >= 15 is 0 Å². The van der Waals surface area contributed by atoms with Crippen molar-refractivity contribution in [3.8, 4) is 0 Å². The summed E-state index contributed by atoms with van der Waals surface area (Å²) in [5.41, 5.74) is 3.09. The molecule has 0 radical (unpaired) electrons. The predicted octanol–water partition coefficient (Wildman–Crippen LogP) is 2.32. The zero-order valence-electron chi connectivity index (χ0n) is 16.3. The van der Waals surface area contributed by atoms with Crippen molar-refractivity contribution in [2.75, 3.05) is 0 Å². The first-order valence-corrected chi connectivity index (χ1v) is 9.72. The van der Waals surface area contributed by atoms with Crippen LogP contribution in [0.2, 0.25) is 0 Å². The van der Waals surface area contributed by atoms with Crippen LogP contribution in [0.25, 0.3) is 11.2 Å². The van der Waals surface area contributed by atoms with Crippen LogP contribution in [0.15, 0.2) is 39.9 Å². The maximum absolute atomic E-state index is 12.6. The zero-order valence-corrected chi connectivity index (χ0v) is 16.3. The molecule has 3 aromatic heterocycles. The molecule has 0 aliphatic heterocycles. The average Bonchev–Trinajstić information content (AvgIpc) is 3.45. The third kappa shape index (κ3) is 3.22. The quantitative estimate of drug-likeness (QED) is 0.526. The van der Waals surface area contributed by atoms with Gasteiger partial charge in [0.25, 0.3) is 5.56 Å². The molecule has 0 amide bonds. The Morgan fingerprint density at radius 3 is 2.79 bits per heavy atom. The summed E-state index contributed by atoms with van der Waals surface area (Å²) in [7, 11) is 1.66. The van der Waals surface area contributed by atoms with Gasteiger partial charge in [-0.2, -0.15) is 4.98 Å². The maximum Gasteiger partial charge on any atom is 0.281 e. The number of aromatic nitrogens is 7. The van der Waals surface area contributed by atoms with E-state index in [0.717, 1.165) is 25.1 Å². The van der Waals surface area contributed by atoms with E-state index in [1.165, 1.54) is 26.7 Å². The minimum absolute atomic E-state index is 0.175. The van der Waals surface area contributed by atoms with E-state index in [4.69, 9.17) is 4.52 Å². The number of hydrogen-bond acceptors (Lipinski definition) is 7. The zero-order chi connectivity index (χ0) is 20.0. The second-order valence-corrected chi connectivity index (χ2v) is 7.73. The highest BCUT2D eigenvalue weighted by atomic mass is 16.5. The summed E-state index contributed by atoms with van der Waals surface area (Å²) >= 11 is 0. The van der Waals surface area contributed by atoms with Gasteiger partial charge >= 0.3 is 0 Å². The second-order valence-electron chi connectivity index (χ2n) is 7.73. The number of rotatable bonds is 4. The van der Waals surface area contributed by atoms with Gasteiger partial charge in [0.05, 0.1) is 0 Å². The Balaban J connectivity index is 1.32. The fourth-order valence-electron chi connectivity index (χ4n) is 4.09. The van der Waals surface area contributed by atoms with Gasteiger partial charge < -0.3 is 4.52 Å². The van der Waals surface area contributed by atoms with Gasteiger partial charge in [0.2, 0.25) is 11.5 Å². The summed E-state index contributed by atoms with van der Waals surface area (Å²) in [6, 6.07) is 8.75. The Bertz CT molecular complexity index is 1220. The van der Waals surface area contributed by atoms with Crippen molar-refractivity contribution in [1.29, 1.82) is 0 Å². The van der Waals surface area contributed by atoms with Gasteiger partial charge in [0, 0.05) is 13.0 Å². The van der Waals surface area contributed by atoms with Crippen molar-refractivity contribution in [3.05, 3.63) is 63.8 Å². The standard InChI is InChI=1S/C20H21N7O2/c1-12-3-5-13(6-4-12)14-7-8-15(9-14)18-22-16(29-24-18)10-27-11-21-19-17(20(27)28)26(2)25-23-19/h3-6,11,14-15H,7-10H2,1-2H3/t14?,15-/m1/s1. The Labute approximate surface area is 166 Å². The van der Waals surface area contributed by atoms with Crippen molar-refractivity contribution in [1.82, 2.24) is 34.7 Å². The Kier molecular flexibility index (Phi) is 4.22. The molecule has 0 N–H and O–H groups in total. The van der Waals surface area contributed by atoms with Crippen LogP contribution in [0, 0.1) is 6.92 Å². The van der Waals surface area contributed by atoms with Gasteiger partial charge in [-0.05, 0) is 37.7 Å². The van der Waals surface area contributed by atoms with Crippen molar-refractivity contribution in [2.45, 2.75) is 44.6 Å². The molecule has 148 valence electrons. The van der Waals surface area contributed by atoms with Gasteiger partial charge in [0.15, 0.2) is 11.3 Å². The molecule has 1 aliphatic carbocycles. The van der Waals surface area contributed by atoms with E-state index in [1.54, 1.807) is 7.05 Å². The molecule has 29 heavy (non-hydrogen) atoms. The van der Waals surface area contributed by atoms with E-state index in [2.05, 4.69) is 56.6 Å². The second kappa shape index (κ2) is 6.91. The summed E-state index contributed by atoms with van der Waals surface area (Å²) in [6.07, 6.45) is 4.60. The van der Waals surface area contributed by atoms with E-state index in [-0.39, 0.29) is 18.0 Å². The summed E-state index contributed by atoms with van der Waals surface area (Å²) < 4.78 is 8.29. The van der Waals surface area contributed by atoms with Crippen LogP contribution in [0.5, 0.6) is 0 Å². The summed E-state index contributed by atoms with van der Waals surface area (Å²) in [5, 5.41) is 11.9. The molecule has 9 nitrogen and oxygen atoms in total. The normalized spacial score (nSPS) is 19.2. The van der Waals surface area contributed by atoms with Crippen molar-refractivity contribution in [3.63, 3.8) is 0 Å². The van der Waals surface area contributed by atoms with Crippen molar-refractivity contribution >= 4 is 11.2 Å². The number of hydrogen-bond donors (Lipinski definition) is 0. The molecule has 0 saturated heterocycles. The van der Waals surface area contributed by atoms with Crippen LogP contribution in [0.1, 0.15) is 53.9 Å². The molecular weight excluding hydrogens is 370 g/mol. The lowest BCUT2D eigenvalue weighted by molar-refractivity contribution is 0.361. The first-order valence-electron chi connectivity index (χ1n) is 9.72. The Morgan fingerprint density at radius 2 is 1.97 bits per heavy atom. The largest absolute Gasteiger partial charge is 0.337 e. The average molecular weight is 391 g/mol. The molecule has 1 unspecified atom stereocenters. The molecule has 1 aliphatic rings. The third-order valence-corrected chi connectivity index (χ3v) is 5.73. The minimum atomic E-state index is -0.234. The minimum Gasteiger partial charge on any atom is -0.337 e. The molecule has 0 spiro atoms. The fraction of sp³-hybridized carbons (Fsp3) is 0.400. The van der Waals surface area contributed by atoms with Crippen molar-refractivity contribution in [2.24, 2.45) is 7.05 Å². The highest BCUT2D eigenvalue weighted by molar-refractivity contribution is 5.67. The molecule has 2 atom stereocenters. The maximum atomic E-state index is 12.6. The highest BCUT2D eigenvalue weighted by Crippen LogP contribution is 2.42. The summed E-state index contributed by atoms with van der Waals surface area (Å²) in [6.45, 7) is 2.28. The van der Waals surface area contributed by atoms with E-state index in [9.17, 15) is 4.79 Å². The van der Waals surface area contributed by atoms with E-state index in [0.29, 0.717) is 23.0 Å². The van der Waals surface area contributed by atoms with Crippen LogP contribution in [0.4, 0.5) is 0 Å². The number of nitrogens with zero attached hydrogens (tertiary/aromatic N) is 7. The molecule has 1 fully saturated rings. The third-order valence-electron chi connectivity index (χ3n) is 5.73. The van der Waals surface area contributed by atoms with Gasteiger partial charge in [-0.1, -0.05) is 40.2 Å². The highest BCUT2D eigenvalue weighted by Gasteiger charge is 2.30. The monoisotopic (exact) mass is 391 g/mol. The van der Waals surface area contributed by atoms with Gasteiger partial charge in [0.1, 0.15) is 12.9 Å². The Hall–Kier alpha value is -3.36. The lowest BCUT2D eigenvalue weighted by Gasteiger charge is -2.10. The van der Waals surface area contributed by atoms with Gasteiger partial charge in [-0.3, -0.25) is 9.36 Å². The van der Waals surface area contributed by atoms with Crippen LogP contribution >= 0.6 is 0 Å². The first-order chi connectivity index (χ1) is 14.1. The van der Waals surface area contributed by atoms with Crippen molar-refractivity contribution < 1.29 is 4.52 Å². The van der Waals surface area contributed by atoms with Crippen LogP contribution < -0.4 is 5.56 Å². The molecule has 1 saturated carbocycles. The molecule has 4 aromatic rings. The first kappa shape index (κ1) is 17.7. The van der Waals surface area contributed by atoms with Crippen LogP contribution in [-0.4, -0.2) is 34.7 Å². The topological polar surface area (TPSA) is 105 Å². The van der Waals surface area contributed by atoms with Gasteiger partial charge in [-0.25, -0.2) is 9.67 Å². The molecule has 9 heteroatoms. The predicted molar refractivity (Wildman–Crippen MR) is 104 cm³/mol. The molecule has 5 rings (SSSR count). The summed E-state index contributed by atoms with van der Waals surface area (Å²) in [4.78, 5) is 21.4. The van der Waals surface area contributed by atoms with Crippen LogP contribution in [0.3, 0.4) is 0 Å². The number of fused-ring (bicyclic) bond motifs is 1. The fourth-order valence-corrected chi connectivity index (χ4v) is 4.09. The van der Waals surface area contributed by atoms with Crippen LogP contribution in [-0.2, 0) is 13.6 Å². The lowest BCUT2D eigenvalue weighted by atomic mass is 9.95. The SMILES string of the molecule is Cc1ccc(C2CC[C@@H](c3noc(Cn4cnc5nnn(C)c5c4=O)n3)C2)cc1. The number of benzene rings is 1. The molecular formula is C20H21N7O2. The van der Waals surface area contributed by atoms with Gasteiger partial charge in [-0.15, -0.1) is 5.10 Å². The molecule has 0 bridgehead atoms. The summed E-state index contributed by atoms with van der Waals surface area (Å²) in [5.74, 6) is 1.92. The lowest BCUT2D eigenvalue weighted by Crippen LogP contribution is -2.22. The smallest absolute Gasteiger partial charge is 0.281 e. The van der Waals surface area contributed by atoms with E-state index < -0.39 is 0 Å². The number of aryl methyl sites for hydroxylation is 2. The Morgan fingerprint density at radius 1 is 1.17 bits per heavy atom.